The van der Waals surface area contributed by atoms with E-state index in [1.54, 1.807) is 12.4 Å². The van der Waals surface area contributed by atoms with E-state index in [1.165, 1.54) is 11.1 Å². The van der Waals surface area contributed by atoms with E-state index in [0.717, 1.165) is 48.6 Å². The molecule has 8 nitrogen and oxygen atoms in total. The summed E-state index contributed by atoms with van der Waals surface area (Å²) in [6.45, 7) is 23.5. The van der Waals surface area contributed by atoms with E-state index in [9.17, 15) is 10.2 Å². The maximum absolute atomic E-state index is 11.3. The zero-order chi connectivity index (χ0) is 39.6. The molecule has 4 aromatic carbocycles. The largest absolute Gasteiger partial charge is 2.00 e. The molecular formula is C44H56CoN2O6. The molecule has 0 aromatic heterocycles. The Morgan fingerprint density at radius 1 is 0.660 bits per heavy atom. The Morgan fingerprint density at radius 2 is 0.962 bits per heavy atom. The van der Waals surface area contributed by atoms with E-state index < -0.39 is 11.9 Å². The van der Waals surface area contributed by atoms with Crippen molar-refractivity contribution in [3.05, 3.63) is 94.0 Å². The van der Waals surface area contributed by atoms with Gasteiger partial charge in [0.15, 0.2) is 0 Å². The monoisotopic (exact) mass is 767 g/mol. The molecule has 0 bridgehead atoms. The molecular weight excluding hydrogens is 711 g/mol. The second kappa shape index (κ2) is 20.1. The molecule has 0 fully saturated rings. The number of aliphatic imine (C=N–C) groups is 2. The quantitative estimate of drug-likeness (QED) is 0.171. The number of carbonyl (C=O) groups excluding carboxylic acids is 2. The predicted octanol–water partition coefficient (Wildman–Crippen LogP) is 8.88. The standard InChI is InChI=1S/C40H50N2O2.2C2H4O2.Co/c1-11-25(3)29-17-31(37(43)33(19-29)39(5,6)7)23-41-35-21-27-15-13-14-16-28(27)22-36(35)42-24-32-18-30(26(4)12-2)20-34(38(32)44)40(8,9)10;2*1-2(3)4;/h13-26,43-44H,11-12H2,1-10H3;2*1H3,(H,3,4);/q;;;+2/p-2. The zero-order valence-electron chi connectivity index (χ0n) is 33.3. The van der Waals surface area contributed by atoms with Crippen molar-refractivity contribution in [1.29, 1.82) is 0 Å². The van der Waals surface area contributed by atoms with E-state index in [0.29, 0.717) is 34.3 Å². The summed E-state index contributed by atoms with van der Waals surface area (Å²) in [7, 11) is 0. The number of aromatic hydroxyl groups is 2. The first kappa shape index (κ1) is 46.5. The van der Waals surface area contributed by atoms with E-state index in [4.69, 9.17) is 29.8 Å². The van der Waals surface area contributed by atoms with Crippen molar-refractivity contribution >= 4 is 46.5 Å². The first-order valence-electron chi connectivity index (χ1n) is 17.8. The van der Waals surface area contributed by atoms with Crippen LogP contribution in [0.1, 0.15) is 141 Å². The summed E-state index contributed by atoms with van der Waals surface area (Å²) < 4.78 is 0. The van der Waals surface area contributed by atoms with Gasteiger partial charge in [-0.2, -0.15) is 0 Å². The maximum Gasteiger partial charge on any atom is 2.00 e. The second-order valence-corrected chi connectivity index (χ2v) is 15.3. The zero-order valence-corrected chi connectivity index (χ0v) is 34.3. The van der Waals surface area contributed by atoms with Gasteiger partial charge in [0.1, 0.15) is 11.5 Å². The van der Waals surface area contributed by atoms with Gasteiger partial charge in [-0.15, -0.1) is 0 Å². The fourth-order valence-electron chi connectivity index (χ4n) is 5.44. The Kier molecular flexibility index (Phi) is 17.7. The van der Waals surface area contributed by atoms with E-state index in [-0.39, 0.29) is 39.1 Å². The molecule has 53 heavy (non-hydrogen) atoms. The van der Waals surface area contributed by atoms with E-state index in [2.05, 4.69) is 106 Å². The third-order valence-corrected chi connectivity index (χ3v) is 8.83. The summed E-state index contributed by atoms with van der Waals surface area (Å²) in [5, 5.41) is 42.6. The minimum Gasteiger partial charge on any atom is -0.550 e. The molecule has 2 atom stereocenters. The van der Waals surface area contributed by atoms with Crippen LogP contribution in [-0.2, 0) is 37.2 Å². The van der Waals surface area contributed by atoms with Crippen LogP contribution in [0.25, 0.3) is 10.8 Å². The molecule has 4 aromatic rings. The van der Waals surface area contributed by atoms with Gasteiger partial charge in [-0.3, -0.25) is 9.98 Å². The molecule has 287 valence electrons. The van der Waals surface area contributed by atoms with Crippen LogP contribution in [-0.4, -0.2) is 34.6 Å². The Hall–Kier alpha value is -4.47. The number of rotatable bonds is 8. The smallest absolute Gasteiger partial charge is 0.550 e. The van der Waals surface area contributed by atoms with Crippen LogP contribution in [0.2, 0.25) is 0 Å². The molecule has 0 aliphatic heterocycles. The van der Waals surface area contributed by atoms with Crippen LogP contribution in [0.15, 0.2) is 70.6 Å². The summed E-state index contributed by atoms with van der Waals surface area (Å²) in [6.07, 6.45) is 5.55. The van der Waals surface area contributed by atoms with Crippen LogP contribution in [0.3, 0.4) is 0 Å². The van der Waals surface area contributed by atoms with Gasteiger partial charge in [0.05, 0.1) is 11.4 Å². The Morgan fingerprint density at radius 3 is 1.23 bits per heavy atom. The van der Waals surface area contributed by atoms with Gasteiger partial charge in [-0.25, -0.2) is 0 Å². The minimum absolute atomic E-state index is 0. The predicted molar refractivity (Wildman–Crippen MR) is 211 cm³/mol. The number of hydrogen-bond acceptors (Lipinski definition) is 8. The Balaban J connectivity index is 0.00000142. The van der Waals surface area contributed by atoms with Crippen LogP contribution < -0.4 is 10.2 Å². The number of phenols is 2. The fourth-order valence-corrected chi connectivity index (χ4v) is 5.44. The second-order valence-electron chi connectivity index (χ2n) is 15.3. The molecule has 1 radical (unpaired) electrons. The average molecular weight is 768 g/mol. The van der Waals surface area contributed by atoms with Gasteiger partial charge in [-0.1, -0.05) is 106 Å². The summed E-state index contributed by atoms with van der Waals surface area (Å²) in [5.74, 6) is -0.913. The average Bonchev–Trinajstić information content (AvgIpc) is 3.04. The van der Waals surface area contributed by atoms with Gasteiger partial charge in [0.2, 0.25) is 0 Å². The van der Waals surface area contributed by atoms with Crippen molar-refractivity contribution < 1.29 is 46.8 Å². The number of fused-ring (bicyclic) bond motifs is 1. The molecule has 0 aliphatic carbocycles. The molecule has 2 N–H and O–H groups in total. The molecule has 9 heteroatoms. The number of carbonyl (C=O) groups is 2. The van der Waals surface area contributed by atoms with E-state index >= 15 is 0 Å². The Labute approximate surface area is 326 Å². The molecule has 2 unspecified atom stereocenters. The van der Waals surface area contributed by atoms with Crippen molar-refractivity contribution in [3.63, 3.8) is 0 Å². The SMILES string of the molecule is CC(=O)[O-].CC(=O)[O-].CCC(C)c1cc(C=Nc2cc3ccccc3cc2N=Cc2cc(C(C)CC)cc(C(C)(C)C)c2O)c(O)c(C(C)(C)C)c1.[Co+2]. The number of nitrogens with zero attached hydrogens (tertiary/aromatic N) is 2. The van der Waals surface area contributed by atoms with Crippen molar-refractivity contribution in [1.82, 2.24) is 0 Å². The summed E-state index contributed by atoms with van der Waals surface area (Å²) in [4.78, 5) is 27.6. The molecule has 0 saturated carbocycles. The van der Waals surface area contributed by atoms with E-state index in [1.807, 2.05) is 24.3 Å². The number of phenolic OH excluding ortho intramolecular Hbond substituents is 2. The van der Waals surface area contributed by atoms with Crippen LogP contribution >= 0.6 is 0 Å². The summed E-state index contributed by atoms with van der Waals surface area (Å²) >= 11 is 0. The fraction of sp³-hybridized carbons (Fsp3) is 0.409. The van der Waals surface area contributed by atoms with Crippen LogP contribution in [0, 0.1) is 0 Å². The topological polar surface area (TPSA) is 145 Å². The number of benzene rings is 4. The first-order valence-corrected chi connectivity index (χ1v) is 17.8. The van der Waals surface area contributed by atoms with Gasteiger partial charge in [0.25, 0.3) is 0 Å². The maximum atomic E-state index is 11.3. The third kappa shape index (κ3) is 13.8. The molecule has 0 saturated heterocycles. The number of hydrogen-bond donors (Lipinski definition) is 2. The number of carboxylic acids is 2. The van der Waals surface area contributed by atoms with Crippen LogP contribution in [0.5, 0.6) is 11.5 Å². The van der Waals surface area contributed by atoms with Gasteiger partial charge in [-0.05, 0) is 95.5 Å². The third-order valence-electron chi connectivity index (χ3n) is 8.83. The number of aliphatic carboxylic acids is 2. The van der Waals surface area contributed by atoms with Crippen molar-refractivity contribution in [3.8, 4) is 11.5 Å². The van der Waals surface area contributed by atoms with Gasteiger partial charge in [0, 0.05) is 46.6 Å². The first-order chi connectivity index (χ1) is 24.1. The normalized spacial score (nSPS) is 12.7. The van der Waals surface area contributed by atoms with Gasteiger partial charge >= 0.3 is 16.8 Å². The van der Waals surface area contributed by atoms with Crippen LogP contribution in [0.4, 0.5) is 11.4 Å². The summed E-state index contributed by atoms with van der Waals surface area (Å²) in [6, 6.07) is 20.6. The molecule has 0 heterocycles. The summed E-state index contributed by atoms with van der Waals surface area (Å²) in [5.41, 5.74) is 6.57. The van der Waals surface area contributed by atoms with Crippen molar-refractivity contribution in [2.45, 2.75) is 119 Å². The van der Waals surface area contributed by atoms with Crippen molar-refractivity contribution in [2.75, 3.05) is 0 Å². The van der Waals surface area contributed by atoms with Gasteiger partial charge < -0.3 is 30.0 Å². The molecule has 0 aliphatic rings. The number of carboxylic acid groups (broad SMARTS) is 2. The molecule has 4 rings (SSSR count). The Bertz CT molecular complexity index is 1770. The molecule has 0 amide bonds. The molecule has 0 spiro atoms. The minimum atomic E-state index is -1.08. The van der Waals surface area contributed by atoms with Crippen molar-refractivity contribution in [2.24, 2.45) is 9.98 Å².